The molecular formula is C11H23NO3S. The van der Waals surface area contributed by atoms with Gasteiger partial charge in [-0.15, -0.1) is 0 Å². The number of hydrogen-bond acceptors (Lipinski definition) is 4. The molecule has 96 valence electrons. The minimum Gasteiger partial charge on any atom is -0.391 e. The second-order valence-corrected chi connectivity index (χ2v) is 7.37. The maximum absolute atomic E-state index is 11.9. The van der Waals surface area contributed by atoms with Crippen LogP contribution in [0.3, 0.4) is 0 Å². The maximum atomic E-state index is 11.9. The Bertz CT molecular complexity index is 313. The molecule has 0 aliphatic carbocycles. The number of rotatable bonds is 4. The number of sulfone groups is 1. The van der Waals surface area contributed by atoms with E-state index in [1.807, 2.05) is 13.8 Å². The molecule has 1 aliphatic rings. The molecule has 5 heteroatoms. The van der Waals surface area contributed by atoms with Gasteiger partial charge in [-0.2, -0.15) is 0 Å². The third-order valence-corrected chi connectivity index (χ3v) is 5.87. The van der Waals surface area contributed by atoms with Crippen molar-refractivity contribution < 1.29 is 13.5 Å². The third kappa shape index (κ3) is 2.96. The van der Waals surface area contributed by atoms with E-state index in [1.165, 1.54) is 0 Å². The molecule has 0 aromatic rings. The first kappa shape index (κ1) is 13.9. The predicted molar refractivity (Wildman–Crippen MR) is 64.8 cm³/mol. The SMILES string of the molecule is CC(C)C(CN)C(O)C1CCCCS1(=O)=O. The van der Waals surface area contributed by atoms with Crippen molar-refractivity contribution in [3.63, 3.8) is 0 Å². The van der Waals surface area contributed by atoms with Gasteiger partial charge in [0.05, 0.1) is 17.1 Å². The highest BCUT2D eigenvalue weighted by atomic mass is 32.2. The maximum Gasteiger partial charge on any atom is 0.155 e. The Morgan fingerprint density at radius 2 is 2.00 bits per heavy atom. The van der Waals surface area contributed by atoms with E-state index in [1.54, 1.807) is 0 Å². The van der Waals surface area contributed by atoms with Crippen LogP contribution in [0.1, 0.15) is 33.1 Å². The van der Waals surface area contributed by atoms with Gasteiger partial charge in [0.2, 0.25) is 0 Å². The van der Waals surface area contributed by atoms with Gasteiger partial charge in [-0.1, -0.05) is 20.3 Å². The van der Waals surface area contributed by atoms with Gasteiger partial charge in [0.15, 0.2) is 9.84 Å². The molecule has 16 heavy (non-hydrogen) atoms. The van der Waals surface area contributed by atoms with Gasteiger partial charge in [0.25, 0.3) is 0 Å². The predicted octanol–water partition coefficient (Wildman–Crippen LogP) is 0.545. The summed E-state index contributed by atoms with van der Waals surface area (Å²) < 4.78 is 23.7. The summed E-state index contributed by atoms with van der Waals surface area (Å²) in [7, 11) is -3.12. The fraction of sp³-hybridized carbons (Fsp3) is 1.00. The van der Waals surface area contributed by atoms with Crippen LogP contribution in [-0.2, 0) is 9.84 Å². The summed E-state index contributed by atoms with van der Waals surface area (Å²) in [5, 5.41) is 9.58. The van der Waals surface area contributed by atoms with Crippen molar-refractivity contribution in [3.05, 3.63) is 0 Å². The van der Waals surface area contributed by atoms with Crippen LogP contribution < -0.4 is 5.73 Å². The van der Waals surface area contributed by atoms with Crippen LogP contribution >= 0.6 is 0 Å². The summed E-state index contributed by atoms with van der Waals surface area (Å²) in [5.74, 6) is 0.291. The van der Waals surface area contributed by atoms with Gasteiger partial charge in [-0.25, -0.2) is 8.42 Å². The zero-order chi connectivity index (χ0) is 12.3. The highest BCUT2D eigenvalue weighted by molar-refractivity contribution is 7.92. The van der Waals surface area contributed by atoms with Crippen molar-refractivity contribution in [1.29, 1.82) is 0 Å². The van der Waals surface area contributed by atoms with E-state index in [-0.39, 0.29) is 17.6 Å². The first-order valence-corrected chi connectivity index (χ1v) is 7.71. The van der Waals surface area contributed by atoms with Crippen LogP contribution in [0.4, 0.5) is 0 Å². The molecule has 3 unspecified atom stereocenters. The molecule has 0 aromatic carbocycles. The lowest BCUT2D eigenvalue weighted by Gasteiger charge is -2.33. The van der Waals surface area contributed by atoms with Gasteiger partial charge in [-0.05, 0) is 25.3 Å². The van der Waals surface area contributed by atoms with Crippen molar-refractivity contribution in [3.8, 4) is 0 Å². The van der Waals surface area contributed by atoms with Gasteiger partial charge < -0.3 is 10.8 Å². The Balaban J connectivity index is 2.82. The third-order valence-electron chi connectivity index (χ3n) is 3.58. The quantitative estimate of drug-likeness (QED) is 0.762. The molecule has 0 aromatic heterocycles. The summed E-state index contributed by atoms with van der Waals surface area (Å²) in [5.41, 5.74) is 5.62. The van der Waals surface area contributed by atoms with E-state index in [9.17, 15) is 13.5 Å². The summed E-state index contributed by atoms with van der Waals surface area (Å²) in [6.45, 7) is 4.28. The molecular weight excluding hydrogens is 226 g/mol. The molecule has 1 rings (SSSR count). The minimum absolute atomic E-state index is 0.127. The Hall–Kier alpha value is -0.130. The Morgan fingerprint density at radius 1 is 1.38 bits per heavy atom. The molecule has 4 nitrogen and oxygen atoms in total. The Kier molecular flexibility index (Phi) is 4.76. The van der Waals surface area contributed by atoms with Crippen molar-refractivity contribution in [2.45, 2.75) is 44.5 Å². The van der Waals surface area contributed by atoms with Gasteiger partial charge >= 0.3 is 0 Å². The van der Waals surface area contributed by atoms with E-state index < -0.39 is 21.2 Å². The molecule has 0 saturated carbocycles. The molecule has 1 heterocycles. The molecule has 0 radical (unpaired) electrons. The first-order valence-electron chi connectivity index (χ1n) is 6.00. The fourth-order valence-corrected chi connectivity index (χ4v) is 4.51. The van der Waals surface area contributed by atoms with Crippen LogP contribution in [0, 0.1) is 11.8 Å². The van der Waals surface area contributed by atoms with Crippen molar-refractivity contribution in [2.75, 3.05) is 12.3 Å². The van der Waals surface area contributed by atoms with Crippen molar-refractivity contribution >= 4 is 9.84 Å². The monoisotopic (exact) mass is 249 g/mol. The van der Waals surface area contributed by atoms with Crippen LogP contribution in [-0.4, -0.2) is 37.2 Å². The second-order valence-electron chi connectivity index (χ2n) is 5.04. The highest BCUT2D eigenvalue weighted by Gasteiger charge is 2.38. The zero-order valence-corrected chi connectivity index (χ0v) is 10.9. The summed E-state index contributed by atoms with van der Waals surface area (Å²) >= 11 is 0. The summed E-state index contributed by atoms with van der Waals surface area (Å²) in [6, 6.07) is 0. The Labute approximate surface area is 98.1 Å². The van der Waals surface area contributed by atoms with Crippen LogP contribution in [0.5, 0.6) is 0 Å². The fourth-order valence-electron chi connectivity index (χ4n) is 2.44. The molecule has 0 amide bonds. The number of aliphatic hydroxyl groups excluding tert-OH is 1. The van der Waals surface area contributed by atoms with Crippen molar-refractivity contribution in [2.24, 2.45) is 17.6 Å². The minimum atomic E-state index is -3.12. The highest BCUT2D eigenvalue weighted by Crippen LogP contribution is 2.28. The summed E-state index contributed by atoms with van der Waals surface area (Å²) in [6.07, 6.45) is 1.37. The number of nitrogens with two attached hydrogens (primary N) is 1. The van der Waals surface area contributed by atoms with Gasteiger partial charge in [0, 0.05) is 5.92 Å². The number of hydrogen-bond donors (Lipinski definition) is 2. The molecule has 0 bridgehead atoms. The van der Waals surface area contributed by atoms with E-state index in [0.29, 0.717) is 13.0 Å². The zero-order valence-electron chi connectivity index (χ0n) is 10.1. The normalized spacial score (nSPS) is 28.9. The standard InChI is InChI=1S/C11H23NO3S/c1-8(2)9(7-12)11(13)10-5-3-4-6-16(10,14)15/h8-11,13H,3-7,12H2,1-2H3. The molecule has 0 spiro atoms. The average molecular weight is 249 g/mol. The molecule has 3 N–H and O–H groups in total. The largest absolute Gasteiger partial charge is 0.391 e. The van der Waals surface area contributed by atoms with E-state index >= 15 is 0 Å². The van der Waals surface area contributed by atoms with Crippen molar-refractivity contribution in [1.82, 2.24) is 0 Å². The smallest absolute Gasteiger partial charge is 0.155 e. The van der Waals surface area contributed by atoms with E-state index in [4.69, 9.17) is 5.73 Å². The second kappa shape index (κ2) is 5.47. The molecule has 3 atom stereocenters. The lowest BCUT2D eigenvalue weighted by atomic mass is 9.87. The molecule has 1 aliphatic heterocycles. The summed E-state index contributed by atoms with van der Waals surface area (Å²) in [4.78, 5) is 0. The first-order chi connectivity index (χ1) is 7.40. The lowest BCUT2D eigenvalue weighted by molar-refractivity contribution is 0.0776. The molecule has 1 fully saturated rings. The van der Waals surface area contributed by atoms with Gasteiger partial charge in [-0.3, -0.25) is 0 Å². The average Bonchev–Trinajstić information content (AvgIpc) is 2.17. The van der Waals surface area contributed by atoms with Gasteiger partial charge in [0.1, 0.15) is 0 Å². The molecule has 1 saturated heterocycles. The van der Waals surface area contributed by atoms with E-state index in [2.05, 4.69) is 0 Å². The lowest BCUT2D eigenvalue weighted by Crippen LogP contribution is -2.46. The Morgan fingerprint density at radius 3 is 2.44 bits per heavy atom. The van der Waals surface area contributed by atoms with Crippen LogP contribution in [0.15, 0.2) is 0 Å². The van der Waals surface area contributed by atoms with Crippen LogP contribution in [0.2, 0.25) is 0 Å². The topological polar surface area (TPSA) is 80.4 Å². The van der Waals surface area contributed by atoms with Crippen LogP contribution in [0.25, 0.3) is 0 Å². The van der Waals surface area contributed by atoms with E-state index in [0.717, 1.165) is 12.8 Å². The number of aliphatic hydroxyl groups is 1.